The Morgan fingerprint density at radius 2 is 2.28 bits per heavy atom. The van der Waals surface area contributed by atoms with Crippen LogP contribution in [0.1, 0.15) is 54.5 Å². The van der Waals surface area contributed by atoms with Crippen LogP contribution in [-0.4, -0.2) is 18.6 Å². The summed E-state index contributed by atoms with van der Waals surface area (Å²) in [4.78, 5) is 11.5. The molecule has 1 aromatic rings. The van der Waals surface area contributed by atoms with E-state index in [0.717, 1.165) is 12.2 Å². The summed E-state index contributed by atoms with van der Waals surface area (Å²) >= 11 is 0. The normalized spacial score (nSPS) is 17.3. The van der Waals surface area contributed by atoms with Gasteiger partial charge in [0.15, 0.2) is 0 Å². The lowest BCUT2D eigenvalue weighted by Crippen LogP contribution is -2.49. The van der Waals surface area contributed by atoms with E-state index in [1.165, 1.54) is 26.4 Å². The van der Waals surface area contributed by atoms with Crippen molar-refractivity contribution in [1.29, 1.82) is 0 Å². The second kappa shape index (κ2) is 5.14. The molecule has 4 nitrogen and oxygen atoms in total. The number of hydrogen-bond acceptors (Lipinski definition) is 4. The highest BCUT2D eigenvalue weighted by atomic mass is 16.5. The number of carbonyl (C=O) groups excluding carboxylic acids is 1. The first-order valence-electron chi connectivity index (χ1n) is 6.53. The molecule has 1 aliphatic carbocycles. The maximum atomic E-state index is 11.5. The molecule has 1 N–H and O–H groups in total. The molecule has 0 saturated heterocycles. The summed E-state index contributed by atoms with van der Waals surface area (Å²) in [5.41, 5.74) is 0.806. The second-order valence-corrected chi connectivity index (χ2v) is 5.02. The van der Waals surface area contributed by atoms with Crippen LogP contribution in [0, 0.1) is 6.92 Å². The van der Waals surface area contributed by atoms with Crippen LogP contribution in [0.4, 0.5) is 0 Å². The van der Waals surface area contributed by atoms with Crippen molar-refractivity contribution in [2.75, 3.05) is 7.11 Å². The predicted molar refractivity (Wildman–Crippen MR) is 68.5 cm³/mol. The molecule has 0 radical (unpaired) electrons. The van der Waals surface area contributed by atoms with Gasteiger partial charge in [-0.25, -0.2) is 4.79 Å². The first kappa shape index (κ1) is 13.1. The van der Waals surface area contributed by atoms with Crippen LogP contribution in [0.15, 0.2) is 10.5 Å². The summed E-state index contributed by atoms with van der Waals surface area (Å²) in [7, 11) is 1.38. The van der Waals surface area contributed by atoms with Gasteiger partial charge < -0.3 is 14.5 Å². The SMILES string of the molecule is CCC1(NCc2cc(C(=O)OC)c(C)o2)CCC1. The lowest BCUT2D eigenvalue weighted by Gasteiger charge is -2.42. The van der Waals surface area contributed by atoms with E-state index in [0.29, 0.717) is 17.9 Å². The van der Waals surface area contributed by atoms with Gasteiger partial charge in [-0.2, -0.15) is 0 Å². The van der Waals surface area contributed by atoms with Crippen LogP contribution >= 0.6 is 0 Å². The first-order chi connectivity index (χ1) is 8.60. The molecule has 4 heteroatoms. The van der Waals surface area contributed by atoms with Gasteiger partial charge in [0.05, 0.1) is 13.7 Å². The summed E-state index contributed by atoms with van der Waals surface area (Å²) < 4.78 is 10.3. The minimum Gasteiger partial charge on any atom is -0.465 e. The summed E-state index contributed by atoms with van der Waals surface area (Å²) in [6.45, 7) is 4.67. The Hall–Kier alpha value is -1.29. The van der Waals surface area contributed by atoms with Gasteiger partial charge in [0.1, 0.15) is 17.1 Å². The van der Waals surface area contributed by atoms with Gasteiger partial charge in [0.2, 0.25) is 0 Å². The highest BCUT2D eigenvalue weighted by molar-refractivity contribution is 5.90. The van der Waals surface area contributed by atoms with Crippen molar-refractivity contribution >= 4 is 5.97 Å². The third kappa shape index (κ3) is 2.43. The van der Waals surface area contributed by atoms with Crippen molar-refractivity contribution in [3.05, 3.63) is 23.2 Å². The fourth-order valence-electron chi connectivity index (χ4n) is 2.48. The Labute approximate surface area is 108 Å². The lowest BCUT2D eigenvalue weighted by molar-refractivity contribution is 0.0599. The maximum absolute atomic E-state index is 11.5. The van der Waals surface area contributed by atoms with Crippen LogP contribution < -0.4 is 5.32 Å². The van der Waals surface area contributed by atoms with E-state index in [-0.39, 0.29) is 11.5 Å². The average molecular weight is 251 g/mol. The average Bonchev–Trinajstić information content (AvgIpc) is 2.69. The topological polar surface area (TPSA) is 51.5 Å². The molecule has 1 saturated carbocycles. The Balaban J connectivity index is 2.00. The van der Waals surface area contributed by atoms with E-state index >= 15 is 0 Å². The number of hydrogen-bond donors (Lipinski definition) is 1. The fourth-order valence-corrected chi connectivity index (χ4v) is 2.48. The molecule has 1 heterocycles. The highest BCUT2D eigenvalue weighted by Crippen LogP contribution is 2.35. The van der Waals surface area contributed by atoms with E-state index in [9.17, 15) is 4.79 Å². The van der Waals surface area contributed by atoms with Crippen LogP contribution in [0.2, 0.25) is 0 Å². The van der Waals surface area contributed by atoms with E-state index < -0.39 is 0 Å². The smallest absolute Gasteiger partial charge is 0.341 e. The zero-order valence-electron chi connectivity index (χ0n) is 11.3. The van der Waals surface area contributed by atoms with Crippen molar-refractivity contribution in [3.8, 4) is 0 Å². The predicted octanol–water partition coefficient (Wildman–Crippen LogP) is 2.80. The number of esters is 1. The summed E-state index contributed by atoms with van der Waals surface area (Å²) in [6.07, 6.45) is 4.89. The molecule has 0 amide bonds. The highest BCUT2D eigenvalue weighted by Gasteiger charge is 2.34. The number of aryl methyl sites for hydroxylation is 1. The van der Waals surface area contributed by atoms with E-state index in [2.05, 4.69) is 12.2 Å². The first-order valence-corrected chi connectivity index (χ1v) is 6.53. The second-order valence-electron chi connectivity index (χ2n) is 5.02. The van der Waals surface area contributed by atoms with Gasteiger partial charge in [-0.1, -0.05) is 6.92 Å². The number of furan rings is 1. The molecule has 0 spiro atoms. The molecule has 1 aromatic heterocycles. The third-order valence-electron chi connectivity index (χ3n) is 4.00. The molecule has 2 rings (SSSR count). The van der Waals surface area contributed by atoms with Crippen LogP contribution in [0.3, 0.4) is 0 Å². The Kier molecular flexibility index (Phi) is 3.76. The van der Waals surface area contributed by atoms with Gasteiger partial charge >= 0.3 is 5.97 Å². The number of nitrogens with one attached hydrogen (secondary N) is 1. The van der Waals surface area contributed by atoms with Crippen LogP contribution in [0.5, 0.6) is 0 Å². The Morgan fingerprint density at radius 3 is 2.78 bits per heavy atom. The molecule has 18 heavy (non-hydrogen) atoms. The molecule has 0 aromatic carbocycles. The maximum Gasteiger partial charge on any atom is 0.341 e. The molecule has 0 atom stereocenters. The van der Waals surface area contributed by atoms with Crippen molar-refractivity contribution in [2.24, 2.45) is 0 Å². The van der Waals surface area contributed by atoms with E-state index in [1.807, 2.05) is 0 Å². The summed E-state index contributed by atoms with van der Waals surface area (Å²) in [6, 6.07) is 1.77. The molecule has 0 aliphatic heterocycles. The number of ether oxygens (including phenoxy) is 1. The molecule has 0 unspecified atom stereocenters. The number of rotatable bonds is 5. The van der Waals surface area contributed by atoms with Crippen molar-refractivity contribution in [1.82, 2.24) is 5.32 Å². The van der Waals surface area contributed by atoms with Crippen molar-refractivity contribution in [2.45, 2.75) is 51.6 Å². The quantitative estimate of drug-likeness (QED) is 0.818. The van der Waals surface area contributed by atoms with E-state index in [1.54, 1.807) is 13.0 Å². The molecule has 100 valence electrons. The number of methoxy groups -OCH3 is 1. The van der Waals surface area contributed by atoms with Gasteiger partial charge in [-0.05, 0) is 38.7 Å². The van der Waals surface area contributed by atoms with E-state index in [4.69, 9.17) is 9.15 Å². The largest absolute Gasteiger partial charge is 0.465 e. The molecule has 0 bridgehead atoms. The lowest BCUT2D eigenvalue weighted by atomic mass is 9.75. The van der Waals surface area contributed by atoms with Crippen molar-refractivity contribution < 1.29 is 13.9 Å². The molecule has 1 aliphatic rings. The summed E-state index contributed by atoms with van der Waals surface area (Å²) in [5, 5.41) is 3.55. The van der Waals surface area contributed by atoms with Crippen LogP contribution in [0.25, 0.3) is 0 Å². The third-order valence-corrected chi connectivity index (χ3v) is 4.00. The molecular weight excluding hydrogens is 230 g/mol. The minimum atomic E-state index is -0.337. The molecular formula is C14H21NO3. The Morgan fingerprint density at radius 1 is 1.56 bits per heavy atom. The zero-order valence-corrected chi connectivity index (χ0v) is 11.3. The van der Waals surface area contributed by atoms with Crippen molar-refractivity contribution in [3.63, 3.8) is 0 Å². The van der Waals surface area contributed by atoms with Crippen LogP contribution in [-0.2, 0) is 11.3 Å². The molecule has 1 fully saturated rings. The van der Waals surface area contributed by atoms with Gasteiger partial charge in [0.25, 0.3) is 0 Å². The standard InChI is InChI=1S/C14H21NO3/c1-4-14(6-5-7-14)15-9-11-8-12(10(2)18-11)13(16)17-3/h8,15H,4-7,9H2,1-3H3. The summed E-state index contributed by atoms with van der Waals surface area (Å²) in [5.74, 6) is 1.08. The van der Waals surface area contributed by atoms with Gasteiger partial charge in [0, 0.05) is 5.54 Å². The number of carbonyl (C=O) groups is 1. The van der Waals surface area contributed by atoms with Gasteiger partial charge in [-0.15, -0.1) is 0 Å². The Bertz CT molecular complexity index is 427. The minimum absolute atomic E-state index is 0.284. The van der Waals surface area contributed by atoms with Gasteiger partial charge in [-0.3, -0.25) is 0 Å². The zero-order chi connectivity index (χ0) is 13.2. The monoisotopic (exact) mass is 251 g/mol. The fraction of sp³-hybridized carbons (Fsp3) is 0.643.